The van der Waals surface area contributed by atoms with Gasteiger partial charge in [-0.3, -0.25) is 9.59 Å². The molecule has 0 aliphatic carbocycles. The molecule has 34 heavy (non-hydrogen) atoms. The summed E-state index contributed by atoms with van der Waals surface area (Å²) < 4.78 is 26.7. The van der Waals surface area contributed by atoms with E-state index in [9.17, 15) is 18.0 Å². The fourth-order valence-electron chi connectivity index (χ4n) is 5.34. The van der Waals surface area contributed by atoms with Crippen molar-refractivity contribution < 1.29 is 18.0 Å². The van der Waals surface area contributed by atoms with Gasteiger partial charge in [0, 0.05) is 65.0 Å². The summed E-state index contributed by atoms with van der Waals surface area (Å²) in [6, 6.07) is 4.95. The van der Waals surface area contributed by atoms with Gasteiger partial charge in [0.25, 0.3) is 5.91 Å². The number of rotatable bonds is 5. The molecule has 188 valence electrons. The third-order valence-corrected chi connectivity index (χ3v) is 9.28. The van der Waals surface area contributed by atoms with E-state index >= 15 is 0 Å². The van der Waals surface area contributed by atoms with E-state index in [0.717, 1.165) is 57.5 Å². The Morgan fingerprint density at radius 2 is 1.41 bits per heavy atom. The Bertz CT molecular complexity index is 990. The molecule has 0 N–H and O–H groups in total. The van der Waals surface area contributed by atoms with Gasteiger partial charge in [0.1, 0.15) is 0 Å². The van der Waals surface area contributed by atoms with Crippen molar-refractivity contribution in [2.45, 2.75) is 56.3 Å². The van der Waals surface area contributed by atoms with E-state index in [1.54, 1.807) is 23.1 Å². The van der Waals surface area contributed by atoms with Crippen molar-refractivity contribution in [1.29, 1.82) is 0 Å². The van der Waals surface area contributed by atoms with Gasteiger partial charge in [-0.2, -0.15) is 0 Å². The van der Waals surface area contributed by atoms with Crippen molar-refractivity contribution in [1.82, 2.24) is 14.1 Å². The number of anilines is 1. The number of sulfonamides is 1. The Labute approximate surface area is 203 Å². The predicted molar refractivity (Wildman–Crippen MR) is 132 cm³/mol. The maximum Gasteiger partial charge on any atom is 0.256 e. The van der Waals surface area contributed by atoms with Crippen LogP contribution < -0.4 is 4.90 Å². The molecule has 9 heteroatoms. The number of hydrogen-bond acceptors (Lipinski definition) is 5. The third-order valence-electron chi connectivity index (χ3n) is 7.47. The number of nitrogens with zero attached hydrogens (tertiary/aromatic N) is 4. The minimum atomic E-state index is -3.65. The molecule has 1 aromatic carbocycles. The quantitative estimate of drug-likeness (QED) is 0.634. The van der Waals surface area contributed by atoms with Gasteiger partial charge in [-0.1, -0.05) is 0 Å². The van der Waals surface area contributed by atoms with Crippen LogP contribution in [0.1, 0.15) is 61.7 Å². The van der Waals surface area contributed by atoms with E-state index in [4.69, 9.17) is 0 Å². The SMILES string of the molecule is CN(C)S(=O)(=O)c1ccc(N2CCCCC2)c(C(=O)N2CCC(C(=O)N3CCCCC3)CC2)c1. The molecule has 3 heterocycles. The summed E-state index contributed by atoms with van der Waals surface area (Å²) in [6.07, 6.45) is 7.98. The van der Waals surface area contributed by atoms with Crippen molar-refractivity contribution in [2.24, 2.45) is 5.92 Å². The van der Waals surface area contributed by atoms with Crippen LogP contribution in [0.4, 0.5) is 5.69 Å². The summed E-state index contributed by atoms with van der Waals surface area (Å²) >= 11 is 0. The van der Waals surface area contributed by atoms with Crippen molar-refractivity contribution in [3.05, 3.63) is 23.8 Å². The fraction of sp³-hybridized carbons (Fsp3) is 0.680. The predicted octanol–water partition coefficient (Wildman–Crippen LogP) is 2.79. The Hall–Kier alpha value is -2.13. The van der Waals surface area contributed by atoms with E-state index < -0.39 is 10.0 Å². The van der Waals surface area contributed by atoms with E-state index in [1.165, 1.54) is 31.2 Å². The van der Waals surface area contributed by atoms with Crippen molar-refractivity contribution >= 4 is 27.5 Å². The largest absolute Gasteiger partial charge is 0.371 e. The van der Waals surface area contributed by atoms with Crippen molar-refractivity contribution in [3.8, 4) is 0 Å². The van der Waals surface area contributed by atoms with E-state index in [0.29, 0.717) is 31.5 Å². The molecule has 3 fully saturated rings. The lowest BCUT2D eigenvalue weighted by atomic mass is 9.93. The minimum Gasteiger partial charge on any atom is -0.371 e. The van der Waals surface area contributed by atoms with Crippen LogP contribution in [0.15, 0.2) is 23.1 Å². The number of amides is 2. The second kappa shape index (κ2) is 10.6. The maximum absolute atomic E-state index is 13.7. The van der Waals surface area contributed by atoms with Gasteiger partial charge in [0.2, 0.25) is 15.9 Å². The zero-order valence-corrected chi connectivity index (χ0v) is 21.4. The number of likely N-dealkylation sites (tertiary alicyclic amines) is 2. The average molecular weight is 491 g/mol. The highest BCUT2D eigenvalue weighted by molar-refractivity contribution is 7.89. The highest BCUT2D eigenvalue weighted by Crippen LogP contribution is 2.30. The van der Waals surface area contributed by atoms with Gasteiger partial charge in [-0.25, -0.2) is 12.7 Å². The first-order chi connectivity index (χ1) is 16.3. The molecule has 0 spiro atoms. The Kier molecular flexibility index (Phi) is 7.82. The highest BCUT2D eigenvalue weighted by atomic mass is 32.2. The van der Waals surface area contributed by atoms with Crippen LogP contribution in [0, 0.1) is 5.92 Å². The zero-order chi connectivity index (χ0) is 24.3. The first kappa shape index (κ1) is 25.0. The van der Waals surface area contributed by atoms with Crippen molar-refractivity contribution in [3.63, 3.8) is 0 Å². The van der Waals surface area contributed by atoms with Gasteiger partial charge < -0.3 is 14.7 Å². The first-order valence-corrected chi connectivity index (χ1v) is 14.1. The summed E-state index contributed by atoms with van der Waals surface area (Å²) in [5, 5.41) is 0. The molecule has 0 aromatic heterocycles. The van der Waals surface area contributed by atoms with Crippen LogP contribution in [-0.2, 0) is 14.8 Å². The molecule has 0 atom stereocenters. The van der Waals surface area contributed by atoms with E-state index in [2.05, 4.69) is 4.90 Å². The third kappa shape index (κ3) is 5.25. The average Bonchev–Trinajstić information content (AvgIpc) is 2.88. The van der Waals surface area contributed by atoms with Crippen LogP contribution >= 0.6 is 0 Å². The van der Waals surface area contributed by atoms with Crippen LogP contribution in [0.5, 0.6) is 0 Å². The molecule has 3 saturated heterocycles. The highest BCUT2D eigenvalue weighted by Gasteiger charge is 2.33. The molecule has 3 aliphatic rings. The Morgan fingerprint density at radius 1 is 0.824 bits per heavy atom. The van der Waals surface area contributed by atoms with Crippen LogP contribution in [0.2, 0.25) is 0 Å². The second-order valence-electron chi connectivity index (χ2n) is 9.97. The molecule has 0 bridgehead atoms. The van der Waals surface area contributed by atoms with Gasteiger partial charge in [-0.15, -0.1) is 0 Å². The molecular weight excluding hydrogens is 452 g/mol. The normalized spacial score (nSPS) is 20.6. The molecule has 3 aliphatic heterocycles. The van der Waals surface area contributed by atoms with Crippen LogP contribution in [-0.4, -0.2) is 87.7 Å². The molecule has 0 saturated carbocycles. The summed E-state index contributed by atoms with van der Waals surface area (Å²) in [5.74, 6) is 0.0734. The smallest absolute Gasteiger partial charge is 0.256 e. The molecular formula is C25H38N4O4S. The Balaban J connectivity index is 1.53. The summed E-state index contributed by atoms with van der Waals surface area (Å²) in [6.45, 7) is 4.48. The molecule has 1 aromatic rings. The second-order valence-corrected chi connectivity index (χ2v) is 12.1. The number of piperidine rings is 3. The standard InChI is InChI=1S/C25H38N4O4S/c1-26(2)34(32,33)21-9-10-23(27-13-5-3-6-14-27)22(19-21)25(31)29-17-11-20(12-18-29)24(30)28-15-7-4-8-16-28/h9-10,19-20H,3-8,11-18H2,1-2H3. The lowest BCUT2D eigenvalue weighted by Crippen LogP contribution is -2.46. The number of hydrogen-bond donors (Lipinski definition) is 0. The summed E-state index contributed by atoms with van der Waals surface area (Å²) in [5.41, 5.74) is 1.26. The number of carbonyl (C=O) groups excluding carboxylic acids is 2. The van der Waals surface area contributed by atoms with Gasteiger partial charge in [0.05, 0.1) is 10.5 Å². The van der Waals surface area contributed by atoms with Crippen molar-refractivity contribution in [2.75, 3.05) is 58.3 Å². The van der Waals surface area contributed by atoms with Gasteiger partial charge >= 0.3 is 0 Å². The fourth-order valence-corrected chi connectivity index (χ4v) is 6.27. The van der Waals surface area contributed by atoms with E-state index in [1.807, 2.05) is 4.90 Å². The minimum absolute atomic E-state index is 0.0239. The van der Waals surface area contributed by atoms with Gasteiger partial charge in [-0.05, 0) is 69.6 Å². The topological polar surface area (TPSA) is 81.2 Å². The monoisotopic (exact) mass is 490 g/mol. The van der Waals surface area contributed by atoms with Gasteiger partial charge in [0.15, 0.2) is 0 Å². The molecule has 8 nitrogen and oxygen atoms in total. The summed E-state index contributed by atoms with van der Waals surface area (Å²) in [4.78, 5) is 32.7. The molecule has 0 radical (unpaired) electrons. The maximum atomic E-state index is 13.7. The molecule has 0 unspecified atom stereocenters. The lowest BCUT2D eigenvalue weighted by molar-refractivity contribution is -0.137. The van der Waals surface area contributed by atoms with E-state index in [-0.39, 0.29) is 22.6 Å². The summed E-state index contributed by atoms with van der Waals surface area (Å²) in [7, 11) is -0.651. The molecule has 4 rings (SSSR count). The number of carbonyl (C=O) groups is 2. The lowest BCUT2D eigenvalue weighted by Gasteiger charge is -2.36. The first-order valence-electron chi connectivity index (χ1n) is 12.7. The van der Waals surface area contributed by atoms with Crippen LogP contribution in [0.3, 0.4) is 0 Å². The van der Waals surface area contributed by atoms with Crippen LogP contribution in [0.25, 0.3) is 0 Å². The number of benzene rings is 1. The molecule has 2 amide bonds. The zero-order valence-electron chi connectivity index (χ0n) is 20.5. The Morgan fingerprint density at radius 3 is 2.00 bits per heavy atom.